The highest BCUT2D eigenvalue weighted by molar-refractivity contribution is 5.85. The molecular weight excluding hydrogens is 373 g/mol. The van der Waals surface area contributed by atoms with E-state index in [0.29, 0.717) is 24.8 Å². The maximum atomic E-state index is 12.3. The summed E-state index contributed by atoms with van der Waals surface area (Å²) in [4.78, 5) is 20.8. The first-order valence-corrected chi connectivity index (χ1v) is 8.63. The lowest BCUT2D eigenvalue weighted by Crippen LogP contribution is -2.33. The molecule has 1 unspecified atom stereocenters. The first kappa shape index (κ1) is 22.4. The van der Waals surface area contributed by atoms with Crippen LogP contribution in [0, 0.1) is 11.8 Å². The largest absolute Gasteiger partial charge is 0.352 e. The highest BCUT2D eigenvalue weighted by Crippen LogP contribution is 2.24. The number of carbonyl (C=O) groups excluding carboxylic acids is 1. The SMILES string of the molecule is CC(CC(=O)NCc1cccnc1-n1ccnc1)C1CCNCC1.Cl.Cl. The lowest BCUT2D eigenvalue weighted by Gasteiger charge is -2.27. The Labute approximate surface area is 167 Å². The van der Waals surface area contributed by atoms with Crippen LogP contribution in [0.15, 0.2) is 37.1 Å². The van der Waals surface area contributed by atoms with Gasteiger partial charge in [-0.25, -0.2) is 9.97 Å². The maximum Gasteiger partial charge on any atom is 0.220 e. The number of carbonyl (C=O) groups is 1. The summed E-state index contributed by atoms with van der Waals surface area (Å²) < 4.78 is 1.86. The summed E-state index contributed by atoms with van der Waals surface area (Å²) in [5.41, 5.74) is 0.985. The van der Waals surface area contributed by atoms with Gasteiger partial charge in [0.25, 0.3) is 0 Å². The van der Waals surface area contributed by atoms with E-state index < -0.39 is 0 Å². The summed E-state index contributed by atoms with van der Waals surface area (Å²) in [7, 11) is 0. The van der Waals surface area contributed by atoms with E-state index in [1.807, 2.05) is 22.9 Å². The van der Waals surface area contributed by atoms with Gasteiger partial charge in [0.1, 0.15) is 12.1 Å². The molecule has 0 saturated carbocycles. The fourth-order valence-corrected chi connectivity index (χ4v) is 3.32. The highest BCUT2D eigenvalue weighted by Gasteiger charge is 2.22. The van der Waals surface area contributed by atoms with Gasteiger partial charge in [0.2, 0.25) is 5.91 Å². The summed E-state index contributed by atoms with van der Waals surface area (Å²) in [6.45, 7) is 4.82. The van der Waals surface area contributed by atoms with Crippen molar-refractivity contribution in [2.75, 3.05) is 13.1 Å². The minimum Gasteiger partial charge on any atom is -0.352 e. The molecule has 144 valence electrons. The Hall–Kier alpha value is -1.63. The van der Waals surface area contributed by atoms with Gasteiger partial charge in [0, 0.05) is 37.1 Å². The fourth-order valence-electron chi connectivity index (χ4n) is 3.32. The summed E-state index contributed by atoms with van der Waals surface area (Å²) in [5, 5.41) is 6.42. The number of hydrogen-bond donors (Lipinski definition) is 2. The van der Waals surface area contributed by atoms with E-state index >= 15 is 0 Å². The molecule has 1 saturated heterocycles. The van der Waals surface area contributed by atoms with E-state index in [-0.39, 0.29) is 30.7 Å². The van der Waals surface area contributed by atoms with E-state index in [4.69, 9.17) is 0 Å². The van der Waals surface area contributed by atoms with Gasteiger partial charge in [-0.2, -0.15) is 0 Å². The molecule has 0 aliphatic carbocycles. The number of halogens is 2. The van der Waals surface area contributed by atoms with Crippen molar-refractivity contribution in [3.63, 3.8) is 0 Å². The van der Waals surface area contributed by atoms with E-state index in [1.165, 1.54) is 12.8 Å². The molecule has 2 aromatic heterocycles. The van der Waals surface area contributed by atoms with E-state index in [9.17, 15) is 4.79 Å². The predicted molar refractivity (Wildman–Crippen MR) is 107 cm³/mol. The minimum atomic E-state index is 0. The van der Waals surface area contributed by atoms with Crippen LogP contribution in [0.3, 0.4) is 0 Å². The first-order valence-electron chi connectivity index (χ1n) is 8.63. The molecule has 3 heterocycles. The molecule has 0 radical (unpaired) electrons. The van der Waals surface area contributed by atoms with Crippen molar-refractivity contribution in [1.82, 2.24) is 25.2 Å². The number of imidazole rings is 1. The molecule has 2 N–H and O–H groups in total. The van der Waals surface area contributed by atoms with Gasteiger partial charge in [-0.05, 0) is 43.8 Å². The third kappa shape index (κ3) is 5.97. The van der Waals surface area contributed by atoms with Crippen LogP contribution in [0.1, 0.15) is 31.7 Å². The minimum absolute atomic E-state index is 0. The van der Waals surface area contributed by atoms with Crippen molar-refractivity contribution in [2.45, 2.75) is 32.7 Å². The molecule has 8 heteroatoms. The van der Waals surface area contributed by atoms with Crippen LogP contribution in [0.2, 0.25) is 0 Å². The highest BCUT2D eigenvalue weighted by atomic mass is 35.5. The topological polar surface area (TPSA) is 71.8 Å². The Bertz CT molecular complexity index is 659. The van der Waals surface area contributed by atoms with Gasteiger partial charge in [0.05, 0.1) is 0 Å². The summed E-state index contributed by atoms with van der Waals surface area (Å²) in [5.74, 6) is 1.99. The summed E-state index contributed by atoms with van der Waals surface area (Å²) in [6, 6.07) is 3.87. The number of hydrogen-bond acceptors (Lipinski definition) is 4. The average molecular weight is 400 g/mol. The second-order valence-corrected chi connectivity index (χ2v) is 6.50. The Morgan fingerprint density at radius 3 is 2.81 bits per heavy atom. The van der Waals surface area contributed by atoms with Crippen LogP contribution < -0.4 is 10.6 Å². The molecule has 0 aromatic carbocycles. The number of amides is 1. The van der Waals surface area contributed by atoms with Gasteiger partial charge in [-0.3, -0.25) is 9.36 Å². The molecule has 6 nitrogen and oxygen atoms in total. The van der Waals surface area contributed by atoms with Gasteiger partial charge >= 0.3 is 0 Å². The van der Waals surface area contributed by atoms with Gasteiger partial charge in [0.15, 0.2) is 0 Å². The number of nitrogens with zero attached hydrogens (tertiary/aromatic N) is 3. The lowest BCUT2D eigenvalue weighted by molar-refractivity contribution is -0.122. The monoisotopic (exact) mass is 399 g/mol. The number of aromatic nitrogens is 3. The lowest BCUT2D eigenvalue weighted by atomic mass is 9.84. The van der Waals surface area contributed by atoms with Crippen LogP contribution in [-0.2, 0) is 11.3 Å². The third-order valence-electron chi connectivity index (χ3n) is 4.79. The normalized spacial score (nSPS) is 15.4. The molecule has 2 aromatic rings. The van der Waals surface area contributed by atoms with Crippen LogP contribution in [-0.4, -0.2) is 33.5 Å². The smallest absolute Gasteiger partial charge is 0.220 e. The van der Waals surface area contributed by atoms with Gasteiger partial charge in [-0.15, -0.1) is 24.8 Å². The number of nitrogens with one attached hydrogen (secondary N) is 2. The van der Waals surface area contributed by atoms with Gasteiger partial charge in [-0.1, -0.05) is 13.0 Å². The maximum absolute atomic E-state index is 12.3. The van der Waals surface area contributed by atoms with Crippen molar-refractivity contribution >= 4 is 30.7 Å². The fraction of sp³-hybridized carbons (Fsp3) is 0.500. The summed E-state index contributed by atoms with van der Waals surface area (Å²) >= 11 is 0. The molecular formula is C18H27Cl2N5O. The molecule has 1 fully saturated rings. The molecule has 1 aliphatic heterocycles. The Morgan fingerprint density at radius 1 is 1.35 bits per heavy atom. The molecule has 1 amide bonds. The van der Waals surface area contributed by atoms with Crippen LogP contribution in [0.4, 0.5) is 0 Å². The zero-order valence-corrected chi connectivity index (χ0v) is 16.6. The molecule has 0 spiro atoms. The number of rotatable bonds is 6. The van der Waals surface area contributed by atoms with Crippen molar-refractivity contribution in [2.24, 2.45) is 11.8 Å². The van der Waals surface area contributed by atoms with E-state index in [1.54, 1.807) is 18.7 Å². The van der Waals surface area contributed by atoms with Crippen LogP contribution in [0.25, 0.3) is 5.82 Å². The average Bonchev–Trinajstić information content (AvgIpc) is 3.15. The van der Waals surface area contributed by atoms with Gasteiger partial charge < -0.3 is 10.6 Å². The molecule has 0 bridgehead atoms. The van der Waals surface area contributed by atoms with E-state index in [2.05, 4.69) is 27.5 Å². The van der Waals surface area contributed by atoms with Crippen molar-refractivity contribution in [1.29, 1.82) is 0 Å². The van der Waals surface area contributed by atoms with Crippen molar-refractivity contribution < 1.29 is 4.79 Å². The molecule has 1 atom stereocenters. The Morgan fingerprint density at radius 2 is 2.12 bits per heavy atom. The molecule has 26 heavy (non-hydrogen) atoms. The molecule has 1 aliphatic rings. The second kappa shape index (κ2) is 11.2. The molecule has 3 rings (SSSR count). The van der Waals surface area contributed by atoms with Crippen LogP contribution in [0.5, 0.6) is 0 Å². The standard InChI is InChI=1S/C18H25N5O.2ClH/c1-14(15-4-7-19-8-5-15)11-17(24)22-12-16-3-2-6-21-18(16)23-10-9-20-13-23;;/h2-3,6,9-10,13-15,19H,4-5,7-8,11-12H2,1H3,(H,22,24);2*1H. The van der Waals surface area contributed by atoms with Crippen molar-refractivity contribution in [3.8, 4) is 5.82 Å². The number of pyridine rings is 1. The zero-order chi connectivity index (χ0) is 16.8. The van der Waals surface area contributed by atoms with Crippen molar-refractivity contribution in [3.05, 3.63) is 42.6 Å². The number of piperidine rings is 1. The summed E-state index contributed by atoms with van der Waals surface area (Å²) in [6.07, 6.45) is 9.96. The second-order valence-electron chi connectivity index (χ2n) is 6.50. The van der Waals surface area contributed by atoms with Crippen LogP contribution >= 0.6 is 24.8 Å². The van der Waals surface area contributed by atoms with E-state index in [0.717, 1.165) is 24.5 Å². The predicted octanol–water partition coefficient (Wildman–Crippen LogP) is 2.75. The zero-order valence-electron chi connectivity index (χ0n) is 14.9. The third-order valence-corrected chi connectivity index (χ3v) is 4.79. The Kier molecular flexibility index (Phi) is 9.62. The Balaban J connectivity index is 0.00000169. The first-order chi connectivity index (χ1) is 11.7. The quantitative estimate of drug-likeness (QED) is 0.782.